The van der Waals surface area contributed by atoms with Crippen molar-refractivity contribution in [3.63, 3.8) is 0 Å². The normalized spacial score (nSPS) is 9.88. The van der Waals surface area contributed by atoms with E-state index in [1.54, 1.807) is 7.11 Å². The summed E-state index contributed by atoms with van der Waals surface area (Å²) < 4.78 is 16.1. The maximum absolute atomic E-state index is 9.10. The molecule has 0 bridgehead atoms. The van der Waals surface area contributed by atoms with E-state index < -0.39 is 11.9 Å². The molecule has 0 heterocycles. The molecule has 3 N–H and O–H groups in total. The van der Waals surface area contributed by atoms with E-state index in [9.17, 15) is 0 Å². The average Bonchev–Trinajstić information content (AvgIpc) is 2.57. The Bertz CT molecular complexity index is 508. The summed E-state index contributed by atoms with van der Waals surface area (Å²) in [6, 6.07) is 6.22. The Kier molecular flexibility index (Phi) is 13.0. The molecule has 1 aromatic carbocycles. The average molecular weight is 357 g/mol. The first-order valence-corrected chi connectivity index (χ1v) is 7.82. The third-order valence-electron chi connectivity index (χ3n) is 2.92. The minimum Gasteiger partial charge on any atom is -0.491 e. The van der Waals surface area contributed by atoms with Gasteiger partial charge in [-0.05, 0) is 31.0 Å². The van der Waals surface area contributed by atoms with E-state index in [-0.39, 0.29) is 0 Å². The van der Waals surface area contributed by atoms with Gasteiger partial charge < -0.3 is 29.7 Å². The predicted molar refractivity (Wildman–Crippen MR) is 92.2 cm³/mol. The van der Waals surface area contributed by atoms with Gasteiger partial charge in [0.1, 0.15) is 12.4 Å². The fourth-order valence-corrected chi connectivity index (χ4v) is 1.62. The summed E-state index contributed by atoms with van der Waals surface area (Å²) in [6.07, 6.45) is 0. The molecule has 0 saturated heterocycles. The van der Waals surface area contributed by atoms with Crippen LogP contribution in [0.4, 0.5) is 0 Å². The Morgan fingerprint density at radius 1 is 1.00 bits per heavy atom. The number of ether oxygens (including phenoxy) is 3. The van der Waals surface area contributed by atoms with Gasteiger partial charge in [0.25, 0.3) is 0 Å². The van der Waals surface area contributed by atoms with Crippen LogP contribution in [0.3, 0.4) is 0 Å². The summed E-state index contributed by atoms with van der Waals surface area (Å²) in [7, 11) is 1.70. The first-order chi connectivity index (χ1) is 11.9. The second kappa shape index (κ2) is 14.2. The van der Waals surface area contributed by atoms with Gasteiger partial charge in [-0.2, -0.15) is 0 Å². The summed E-state index contributed by atoms with van der Waals surface area (Å²) >= 11 is 0. The van der Waals surface area contributed by atoms with E-state index in [1.807, 2.05) is 0 Å². The van der Waals surface area contributed by atoms with Gasteiger partial charge in [-0.3, -0.25) is 0 Å². The predicted octanol–water partition coefficient (Wildman–Crippen LogP) is 1.09. The molecule has 0 unspecified atom stereocenters. The van der Waals surface area contributed by atoms with Crippen molar-refractivity contribution in [2.75, 3.05) is 46.6 Å². The topological polar surface area (TPSA) is 114 Å². The van der Waals surface area contributed by atoms with E-state index >= 15 is 0 Å². The van der Waals surface area contributed by atoms with Crippen LogP contribution in [0, 0.1) is 13.8 Å². The number of carboxylic acid groups (broad SMARTS) is 2. The van der Waals surface area contributed by atoms with Gasteiger partial charge in [-0.25, -0.2) is 9.59 Å². The van der Waals surface area contributed by atoms with Gasteiger partial charge in [0.05, 0.1) is 19.8 Å². The third kappa shape index (κ3) is 12.9. The Morgan fingerprint density at radius 3 is 2.24 bits per heavy atom. The molecule has 0 amide bonds. The monoisotopic (exact) mass is 357 g/mol. The highest BCUT2D eigenvalue weighted by Crippen LogP contribution is 2.18. The number of hydrogen-bond acceptors (Lipinski definition) is 6. The minimum absolute atomic E-state index is 0.586. The van der Waals surface area contributed by atoms with Gasteiger partial charge in [0.2, 0.25) is 0 Å². The van der Waals surface area contributed by atoms with Crippen LogP contribution in [-0.4, -0.2) is 68.8 Å². The number of benzene rings is 1. The fourth-order valence-electron chi connectivity index (χ4n) is 1.62. The largest absolute Gasteiger partial charge is 0.491 e. The molecule has 0 fully saturated rings. The summed E-state index contributed by atoms with van der Waals surface area (Å²) in [5.41, 5.74) is 2.37. The lowest BCUT2D eigenvalue weighted by molar-refractivity contribution is -0.159. The van der Waals surface area contributed by atoms with Gasteiger partial charge >= 0.3 is 11.9 Å². The van der Waals surface area contributed by atoms with Crippen LogP contribution >= 0.6 is 0 Å². The molecule has 8 nitrogen and oxygen atoms in total. The number of methoxy groups -OCH3 is 1. The van der Waals surface area contributed by atoms with Crippen molar-refractivity contribution in [2.45, 2.75) is 13.8 Å². The lowest BCUT2D eigenvalue weighted by Crippen LogP contribution is -2.24. The zero-order valence-electron chi connectivity index (χ0n) is 14.9. The smallest absolute Gasteiger partial charge is 0.414 e. The van der Waals surface area contributed by atoms with E-state index in [0.29, 0.717) is 19.8 Å². The molecule has 0 aliphatic carbocycles. The second-order valence-corrected chi connectivity index (χ2v) is 5.08. The highest BCUT2D eigenvalue weighted by atomic mass is 16.5. The van der Waals surface area contributed by atoms with Crippen LogP contribution in [0.5, 0.6) is 5.75 Å². The lowest BCUT2D eigenvalue weighted by atomic mass is 10.1. The molecule has 0 aromatic heterocycles. The summed E-state index contributed by atoms with van der Waals surface area (Å²) in [5, 5.41) is 18.0. The Hall–Kier alpha value is -2.16. The van der Waals surface area contributed by atoms with Crippen molar-refractivity contribution >= 4 is 11.9 Å². The first-order valence-electron chi connectivity index (χ1n) is 7.82. The van der Waals surface area contributed by atoms with Crippen LogP contribution < -0.4 is 10.1 Å². The van der Waals surface area contributed by atoms with Crippen LogP contribution in [0.15, 0.2) is 18.2 Å². The van der Waals surface area contributed by atoms with Crippen LogP contribution in [0.25, 0.3) is 0 Å². The number of aryl methyl sites for hydroxylation is 2. The van der Waals surface area contributed by atoms with Crippen molar-refractivity contribution in [1.82, 2.24) is 5.32 Å². The number of carbonyl (C=O) groups is 2. The first kappa shape index (κ1) is 22.8. The maximum Gasteiger partial charge on any atom is 0.414 e. The summed E-state index contributed by atoms with van der Waals surface area (Å²) in [4.78, 5) is 18.2. The Morgan fingerprint density at radius 2 is 1.64 bits per heavy atom. The van der Waals surface area contributed by atoms with Crippen molar-refractivity contribution < 1.29 is 34.0 Å². The molecule has 1 aromatic rings. The van der Waals surface area contributed by atoms with E-state index in [0.717, 1.165) is 31.0 Å². The number of hydrogen-bond donors (Lipinski definition) is 3. The molecule has 0 saturated carbocycles. The van der Waals surface area contributed by atoms with E-state index in [2.05, 4.69) is 37.4 Å². The van der Waals surface area contributed by atoms with Crippen molar-refractivity contribution in [3.8, 4) is 5.75 Å². The number of aliphatic carboxylic acids is 2. The molecule has 0 aliphatic rings. The fraction of sp³-hybridized carbons (Fsp3) is 0.529. The van der Waals surface area contributed by atoms with Crippen molar-refractivity contribution in [3.05, 3.63) is 29.3 Å². The van der Waals surface area contributed by atoms with Crippen LogP contribution in [-0.2, 0) is 19.1 Å². The third-order valence-corrected chi connectivity index (χ3v) is 2.92. The molecule has 0 aliphatic heterocycles. The molecule has 25 heavy (non-hydrogen) atoms. The molecule has 142 valence electrons. The molecule has 0 atom stereocenters. The number of carboxylic acids is 2. The Labute approximate surface area is 147 Å². The van der Waals surface area contributed by atoms with Gasteiger partial charge in [0, 0.05) is 20.2 Å². The van der Waals surface area contributed by atoms with Gasteiger partial charge in [-0.1, -0.05) is 12.1 Å². The highest BCUT2D eigenvalue weighted by Gasteiger charge is 2.04. The summed E-state index contributed by atoms with van der Waals surface area (Å²) in [5.74, 6) is -2.70. The van der Waals surface area contributed by atoms with Gasteiger partial charge in [0.15, 0.2) is 0 Å². The Balaban J connectivity index is 0.000000823. The quantitative estimate of drug-likeness (QED) is 0.421. The second-order valence-electron chi connectivity index (χ2n) is 5.08. The highest BCUT2D eigenvalue weighted by molar-refractivity contribution is 6.27. The number of rotatable bonds is 10. The standard InChI is InChI=1S/C15H25NO3.C2H2O4/c1-13-4-5-14(2)15(12-13)19-11-10-18-9-7-16-6-8-17-3;3-1(4)2(5)6/h4-5,12,16H,6-11H2,1-3H3;(H,3,4)(H,5,6). The van der Waals surface area contributed by atoms with E-state index in [1.165, 1.54) is 5.56 Å². The molecule has 0 radical (unpaired) electrons. The van der Waals surface area contributed by atoms with Crippen LogP contribution in [0.1, 0.15) is 11.1 Å². The van der Waals surface area contributed by atoms with Gasteiger partial charge in [-0.15, -0.1) is 0 Å². The van der Waals surface area contributed by atoms with Crippen molar-refractivity contribution in [2.24, 2.45) is 0 Å². The SMILES string of the molecule is COCCNCCOCCOc1cc(C)ccc1C.O=C(O)C(=O)O. The summed E-state index contributed by atoms with van der Waals surface area (Å²) in [6.45, 7) is 8.44. The number of nitrogens with one attached hydrogen (secondary N) is 1. The molecular weight excluding hydrogens is 330 g/mol. The minimum atomic E-state index is -1.82. The molecule has 8 heteroatoms. The van der Waals surface area contributed by atoms with Crippen LogP contribution in [0.2, 0.25) is 0 Å². The maximum atomic E-state index is 9.10. The van der Waals surface area contributed by atoms with Crippen molar-refractivity contribution in [1.29, 1.82) is 0 Å². The van der Waals surface area contributed by atoms with E-state index in [4.69, 9.17) is 34.0 Å². The molecular formula is C17H27NO7. The molecule has 1 rings (SSSR count). The lowest BCUT2D eigenvalue weighted by Gasteiger charge is -2.10. The zero-order valence-corrected chi connectivity index (χ0v) is 14.9. The molecule has 0 spiro atoms. The zero-order chi connectivity index (χ0) is 19.1.